The molecule has 3 aromatic rings. The third-order valence-electron chi connectivity index (χ3n) is 5.18. The molecule has 30 heavy (non-hydrogen) atoms. The third kappa shape index (κ3) is 5.60. The van der Waals surface area contributed by atoms with E-state index >= 15 is 0 Å². The van der Waals surface area contributed by atoms with Crippen LogP contribution >= 0.6 is 12.2 Å². The van der Waals surface area contributed by atoms with Crippen LogP contribution in [0.25, 0.3) is 11.1 Å². The highest BCUT2D eigenvalue weighted by molar-refractivity contribution is 7.78. The van der Waals surface area contributed by atoms with Crippen molar-refractivity contribution in [2.24, 2.45) is 5.92 Å². The van der Waals surface area contributed by atoms with Gasteiger partial charge in [-0.15, -0.1) is 0 Å². The summed E-state index contributed by atoms with van der Waals surface area (Å²) < 4.78 is 0. The van der Waals surface area contributed by atoms with E-state index in [0.717, 1.165) is 42.0 Å². The van der Waals surface area contributed by atoms with Crippen LogP contribution in [0.1, 0.15) is 66.6 Å². The van der Waals surface area contributed by atoms with Gasteiger partial charge in [-0.25, -0.2) is 9.78 Å². The molecule has 0 aliphatic heterocycles. The minimum Gasteiger partial charge on any atom is -0.478 e. The van der Waals surface area contributed by atoms with Crippen molar-refractivity contribution >= 4 is 23.6 Å². The van der Waals surface area contributed by atoms with Crippen molar-refractivity contribution in [3.63, 3.8) is 0 Å². The summed E-state index contributed by atoms with van der Waals surface area (Å²) in [7, 11) is 0. The lowest BCUT2D eigenvalue weighted by Crippen LogP contribution is -2.04. The number of nitrogens with one attached hydrogen (secondary N) is 1. The normalized spacial score (nSPS) is 12.1. The van der Waals surface area contributed by atoms with Crippen LogP contribution in [0.3, 0.4) is 0 Å². The van der Waals surface area contributed by atoms with Crippen LogP contribution < -0.4 is 0 Å². The number of aromatic amines is 1. The topological polar surface area (TPSA) is 78.9 Å². The maximum Gasteiger partial charge on any atom is 0.336 e. The predicted molar refractivity (Wildman–Crippen MR) is 123 cm³/mol. The van der Waals surface area contributed by atoms with Gasteiger partial charge in [0.25, 0.3) is 0 Å². The quantitative estimate of drug-likeness (QED) is 0.412. The highest BCUT2D eigenvalue weighted by Gasteiger charge is 2.17. The Morgan fingerprint density at radius 3 is 2.53 bits per heavy atom. The van der Waals surface area contributed by atoms with Crippen molar-refractivity contribution in [2.45, 2.75) is 45.4 Å². The average molecular weight is 422 g/mol. The lowest BCUT2D eigenvalue weighted by atomic mass is 9.95. The fourth-order valence-corrected chi connectivity index (χ4v) is 3.72. The number of hydrogen-bond donors (Lipinski definition) is 2. The van der Waals surface area contributed by atoms with Gasteiger partial charge in [0.2, 0.25) is 0 Å². The van der Waals surface area contributed by atoms with Gasteiger partial charge in [0, 0.05) is 12.3 Å². The fourth-order valence-electron chi connectivity index (χ4n) is 3.49. The zero-order valence-corrected chi connectivity index (χ0v) is 18.2. The molecule has 0 radical (unpaired) electrons. The van der Waals surface area contributed by atoms with Crippen molar-refractivity contribution in [3.05, 3.63) is 71.3 Å². The smallest absolute Gasteiger partial charge is 0.336 e. The van der Waals surface area contributed by atoms with Gasteiger partial charge in [0.05, 0.1) is 5.56 Å². The Morgan fingerprint density at radius 1 is 1.13 bits per heavy atom. The summed E-state index contributed by atoms with van der Waals surface area (Å²) in [5.41, 5.74) is 2.98. The molecule has 1 aromatic heterocycles. The minimum atomic E-state index is -0.924. The number of carboxylic acids is 1. The van der Waals surface area contributed by atoms with Crippen LogP contribution in [0, 0.1) is 5.92 Å². The Bertz CT molecular complexity index is 996. The van der Waals surface area contributed by atoms with Crippen LogP contribution in [-0.2, 0) is 6.42 Å². The molecular weight excluding hydrogens is 394 g/mol. The Balaban J connectivity index is 1.72. The number of nitrogens with zero attached hydrogens (tertiary/aromatic N) is 2. The predicted octanol–water partition coefficient (Wildman–Crippen LogP) is 5.67. The van der Waals surface area contributed by atoms with E-state index in [1.807, 2.05) is 36.4 Å². The average Bonchev–Trinajstić information content (AvgIpc) is 3.20. The molecule has 6 heteroatoms. The number of H-pyrrole nitrogens is 1. The molecule has 0 fully saturated rings. The third-order valence-corrected chi connectivity index (χ3v) is 5.37. The number of thiocarbonyl (C=S) groups is 1. The second kappa shape index (κ2) is 10.3. The zero-order valence-electron chi connectivity index (χ0n) is 17.3. The lowest BCUT2D eigenvalue weighted by molar-refractivity contribution is 0.0697. The van der Waals surface area contributed by atoms with E-state index in [1.165, 1.54) is 0 Å². The Hall–Kier alpha value is -2.86. The maximum atomic E-state index is 11.5. The number of carbonyl (C=O) groups is 1. The molecule has 0 spiro atoms. The summed E-state index contributed by atoms with van der Waals surface area (Å²) in [5, 5.41) is 18.7. The molecule has 0 aliphatic rings. The monoisotopic (exact) mass is 421 g/mol. The van der Waals surface area contributed by atoms with E-state index in [0.29, 0.717) is 23.5 Å². The van der Waals surface area contributed by atoms with Crippen LogP contribution in [-0.4, -0.2) is 31.6 Å². The highest BCUT2D eigenvalue weighted by Crippen LogP contribution is 2.26. The summed E-state index contributed by atoms with van der Waals surface area (Å²) >= 11 is 5.07. The summed E-state index contributed by atoms with van der Waals surface area (Å²) in [6.45, 7) is 4.44. The second-order valence-electron chi connectivity index (χ2n) is 7.94. The molecule has 0 bridgehead atoms. The molecule has 2 N–H and O–H groups in total. The van der Waals surface area contributed by atoms with Crippen LogP contribution in [0.2, 0.25) is 0 Å². The molecule has 1 atom stereocenters. The van der Waals surface area contributed by atoms with Crippen LogP contribution in [0.5, 0.6) is 0 Å². The van der Waals surface area contributed by atoms with Gasteiger partial charge in [-0.1, -0.05) is 75.0 Å². The van der Waals surface area contributed by atoms with Gasteiger partial charge in [-0.3, -0.25) is 5.10 Å². The minimum absolute atomic E-state index is 0.254. The van der Waals surface area contributed by atoms with Crippen LogP contribution in [0.4, 0.5) is 0 Å². The first-order chi connectivity index (χ1) is 14.5. The van der Waals surface area contributed by atoms with Gasteiger partial charge < -0.3 is 5.11 Å². The van der Waals surface area contributed by atoms with Crippen LogP contribution in [0.15, 0.2) is 48.5 Å². The largest absolute Gasteiger partial charge is 0.478 e. The Labute approximate surface area is 182 Å². The lowest BCUT2D eigenvalue weighted by Gasteiger charge is -2.12. The van der Waals surface area contributed by atoms with Crippen molar-refractivity contribution in [2.75, 3.05) is 0 Å². The van der Waals surface area contributed by atoms with Gasteiger partial charge in [-0.05, 0) is 46.9 Å². The number of hydrogen-bond acceptors (Lipinski definition) is 4. The first-order valence-corrected chi connectivity index (χ1v) is 10.7. The summed E-state index contributed by atoms with van der Waals surface area (Å²) in [6, 6.07) is 14.9. The van der Waals surface area contributed by atoms with E-state index in [2.05, 4.69) is 24.0 Å². The van der Waals surface area contributed by atoms with Crippen molar-refractivity contribution < 1.29 is 9.90 Å². The SMILES string of the molecule is CC(C)CCC(CC=S)c1n[nH]c(Cc2ccc(-c3ccccc3C(=O)O)cc2)n1. The maximum absolute atomic E-state index is 11.5. The molecule has 2 aromatic carbocycles. The number of carboxylic acid groups (broad SMARTS) is 1. The Kier molecular flexibility index (Phi) is 7.46. The standard InChI is InChI=1S/C24H27N3O2S/c1-16(2)7-10-19(13-14-30)23-25-22(26-27-23)15-17-8-11-18(12-9-17)20-5-3-4-6-21(20)24(28)29/h3-6,8-9,11-12,14,16,19H,7,10,13,15H2,1-2H3,(H,28,29)(H,25,26,27). The molecule has 156 valence electrons. The van der Waals surface area contributed by atoms with E-state index < -0.39 is 5.97 Å². The van der Waals surface area contributed by atoms with E-state index in [-0.39, 0.29) is 5.92 Å². The number of aromatic carboxylic acids is 1. The Morgan fingerprint density at radius 2 is 1.87 bits per heavy atom. The van der Waals surface area contributed by atoms with Crippen molar-refractivity contribution in [1.29, 1.82) is 0 Å². The summed E-state index contributed by atoms with van der Waals surface area (Å²) in [6.07, 6.45) is 3.59. The first-order valence-electron chi connectivity index (χ1n) is 10.2. The molecule has 0 amide bonds. The molecule has 5 nitrogen and oxygen atoms in total. The fraction of sp³-hybridized carbons (Fsp3) is 0.333. The van der Waals surface area contributed by atoms with Gasteiger partial charge >= 0.3 is 5.97 Å². The van der Waals surface area contributed by atoms with Gasteiger partial charge in [0.15, 0.2) is 5.82 Å². The van der Waals surface area contributed by atoms with Crippen molar-refractivity contribution in [1.82, 2.24) is 15.2 Å². The molecule has 1 unspecified atom stereocenters. The number of rotatable bonds is 10. The van der Waals surface area contributed by atoms with Gasteiger partial charge in [-0.2, -0.15) is 5.10 Å². The molecular formula is C24H27N3O2S. The van der Waals surface area contributed by atoms with E-state index in [1.54, 1.807) is 17.5 Å². The number of benzene rings is 2. The summed E-state index contributed by atoms with van der Waals surface area (Å²) in [4.78, 5) is 16.2. The molecule has 0 aliphatic carbocycles. The molecule has 0 saturated heterocycles. The van der Waals surface area contributed by atoms with Crippen molar-refractivity contribution in [3.8, 4) is 11.1 Å². The summed E-state index contributed by atoms with van der Waals surface area (Å²) in [5.74, 6) is 1.62. The van der Waals surface area contributed by atoms with E-state index in [4.69, 9.17) is 17.2 Å². The van der Waals surface area contributed by atoms with Gasteiger partial charge in [0.1, 0.15) is 5.82 Å². The van der Waals surface area contributed by atoms with E-state index in [9.17, 15) is 9.90 Å². The molecule has 0 saturated carbocycles. The molecule has 3 rings (SSSR count). The molecule has 1 heterocycles. The number of aromatic nitrogens is 3. The highest BCUT2D eigenvalue weighted by atomic mass is 32.1. The second-order valence-corrected chi connectivity index (χ2v) is 8.27. The first kappa shape index (κ1) is 21.8. The zero-order chi connectivity index (χ0) is 21.5.